The van der Waals surface area contributed by atoms with Crippen LogP contribution in [-0.2, 0) is 22.6 Å². The maximum Gasteiger partial charge on any atom is 0.411 e. The summed E-state index contributed by atoms with van der Waals surface area (Å²) in [7, 11) is 1.73. The summed E-state index contributed by atoms with van der Waals surface area (Å²) in [6.45, 7) is 5.89. The third kappa shape index (κ3) is 10.8. The molecule has 2 rings (SSSR count). The summed E-state index contributed by atoms with van der Waals surface area (Å²) >= 11 is 0. The van der Waals surface area contributed by atoms with Crippen LogP contribution in [0, 0.1) is 0 Å². The third-order valence-electron chi connectivity index (χ3n) is 5.04. The van der Waals surface area contributed by atoms with Crippen LogP contribution in [-0.4, -0.2) is 69.6 Å². The molecule has 2 N–H and O–H groups in total. The molecule has 1 aliphatic rings. The molecule has 0 saturated carbocycles. The summed E-state index contributed by atoms with van der Waals surface area (Å²) in [5.41, 5.74) is 1.63. The van der Waals surface area contributed by atoms with Crippen LogP contribution in [0.25, 0.3) is 0 Å². The highest BCUT2D eigenvalue weighted by Crippen LogP contribution is 2.16. The number of aliphatic imine (C=N–C) groups is 1. The van der Waals surface area contributed by atoms with Crippen molar-refractivity contribution in [2.45, 2.75) is 51.6 Å². The summed E-state index contributed by atoms with van der Waals surface area (Å²) in [5.74, 6) is 0.763. The molecule has 0 spiro atoms. The van der Waals surface area contributed by atoms with Crippen molar-refractivity contribution in [3.05, 3.63) is 35.4 Å². The molecule has 0 aliphatic carbocycles. The number of hydrogen-bond donors (Lipinski definition) is 2. The second-order valence-electron chi connectivity index (χ2n) is 7.73. The van der Waals surface area contributed by atoms with Crippen LogP contribution >= 0.6 is 0 Å². The third-order valence-corrected chi connectivity index (χ3v) is 5.04. The van der Waals surface area contributed by atoms with E-state index in [1.165, 1.54) is 0 Å². The number of hydrogen-bond acceptors (Lipinski definition) is 4. The number of guanidine groups is 1. The zero-order chi connectivity index (χ0) is 22.5. The van der Waals surface area contributed by atoms with Crippen LogP contribution in [0.1, 0.15) is 37.3 Å². The topological polar surface area (TPSA) is 58.1 Å². The van der Waals surface area contributed by atoms with Crippen molar-refractivity contribution in [3.8, 4) is 0 Å². The Hall–Kier alpha value is -1.84. The van der Waals surface area contributed by atoms with Gasteiger partial charge in [-0.15, -0.1) is 0 Å². The van der Waals surface area contributed by atoms with Crippen LogP contribution in [0.4, 0.5) is 13.2 Å². The summed E-state index contributed by atoms with van der Waals surface area (Å²) in [4.78, 5) is 7.13. The molecule has 0 amide bonds. The van der Waals surface area contributed by atoms with E-state index in [9.17, 15) is 13.2 Å². The van der Waals surface area contributed by atoms with Crippen LogP contribution in [0.15, 0.2) is 29.3 Å². The molecule has 0 aromatic heterocycles. The quantitative estimate of drug-likeness (QED) is 0.312. The maximum atomic E-state index is 12.2. The van der Waals surface area contributed by atoms with Gasteiger partial charge in [0.05, 0.1) is 13.2 Å². The first kappa shape index (κ1) is 25.4. The number of rotatable bonds is 11. The molecule has 1 aromatic carbocycles. The van der Waals surface area contributed by atoms with E-state index in [0.717, 1.165) is 63.6 Å². The van der Waals surface area contributed by atoms with Crippen LogP contribution in [0.3, 0.4) is 0 Å². The van der Waals surface area contributed by atoms with Gasteiger partial charge in [-0.3, -0.25) is 0 Å². The van der Waals surface area contributed by atoms with Gasteiger partial charge < -0.3 is 25.0 Å². The molecule has 6 nitrogen and oxygen atoms in total. The van der Waals surface area contributed by atoms with Gasteiger partial charge in [0.2, 0.25) is 0 Å². The molecule has 0 unspecified atom stereocenters. The minimum atomic E-state index is -4.31. The molecule has 176 valence electrons. The Bertz CT molecular complexity index is 662. The largest absolute Gasteiger partial charge is 0.411 e. The van der Waals surface area contributed by atoms with Crippen molar-refractivity contribution in [1.82, 2.24) is 15.5 Å². The molecule has 1 heterocycles. The van der Waals surface area contributed by atoms with E-state index in [2.05, 4.69) is 20.5 Å². The molecule has 31 heavy (non-hydrogen) atoms. The molecule has 1 saturated heterocycles. The lowest BCUT2D eigenvalue weighted by Gasteiger charge is -2.33. The molecule has 0 bridgehead atoms. The lowest BCUT2D eigenvalue weighted by Crippen LogP contribution is -2.48. The van der Waals surface area contributed by atoms with Gasteiger partial charge in [-0.2, -0.15) is 13.2 Å². The molecule has 1 aromatic rings. The fourth-order valence-electron chi connectivity index (χ4n) is 3.52. The minimum absolute atomic E-state index is 0.0711. The Balaban J connectivity index is 1.82. The highest BCUT2D eigenvalue weighted by molar-refractivity contribution is 5.80. The number of piperidine rings is 1. The second-order valence-corrected chi connectivity index (χ2v) is 7.73. The van der Waals surface area contributed by atoms with Crippen molar-refractivity contribution >= 4 is 5.96 Å². The number of alkyl halides is 3. The molecule has 0 radical (unpaired) electrons. The van der Waals surface area contributed by atoms with Gasteiger partial charge in [-0.05, 0) is 37.3 Å². The van der Waals surface area contributed by atoms with E-state index in [-0.39, 0.29) is 6.61 Å². The SMILES string of the molecule is CCNC(=NCc1cccc(COCC(F)(F)F)c1)NC1CCN(CCCOC)CC1. The van der Waals surface area contributed by atoms with Crippen LogP contribution in [0.5, 0.6) is 0 Å². The zero-order valence-electron chi connectivity index (χ0n) is 18.5. The smallest absolute Gasteiger partial charge is 0.385 e. The van der Waals surface area contributed by atoms with E-state index in [0.29, 0.717) is 18.2 Å². The molecular weight excluding hydrogens is 409 g/mol. The van der Waals surface area contributed by atoms with E-state index >= 15 is 0 Å². The number of nitrogens with zero attached hydrogens (tertiary/aromatic N) is 2. The van der Waals surface area contributed by atoms with Gasteiger partial charge in [-0.25, -0.2) is 4.99 Å². The Kier molecular flexibility index (Phi) is 11.1. The van der Waals surface area contributed by atoms with Gasteiger partial charge in [0.15, 0.2) is 5.96 Å². The highest BCUT2D eigenvalue weighted by atomic mass is 19.4. The lowest BCUT2D eigenvalue weighted by atomic mass is 10.1. The number of benzene rings is 1. The Morgan fingerprint density at radius 1 is 1.23 bits per heavy atom. The average Bonchev–Trinajstić information content (AvgIpc) is 2.73. The number of methoxy groups -OCH3 is 1. The Morgan fingerprint density at radius 3 is 2.65 bits per heavy atom. The van der Waals surface area contributed by atoms with Crippen molar-refractivity contribution in [2.75, 3.05) is 46.5 Å². The Morgan fingerprint density at radius 2 is 1.97 bits per heavy atom. The fraction of sp³-hybridized carbons (Fsp3) is 0.682. The van der Waals surface area contributed by atoms with Crippen molar-refractivity contribution in [2.24, 2.45) is 4.99 Å². The van der Waals surface area contributed by atoms with E-state index in [1.807, 2.05) is 25.1 Å². The first-order valence-corrected chi connectivity index (χ1v) is 10.9. The molecule has 9 heteroatoms. The molecule has 0 atom stereocenters. The van der Waals surface area contributed by atoms with Gasteiger partial charge in [-0.1, -0.05) is 24.3 Å². The standard InChI is InChI=1S/C22H35F3N4O2/c1-3-26-21(28-20-8-11-29(12-9-20)10-5-13-30-2)27-15-18-6-4-7-19(14-18)16-31-17-22(23,24)25/h4,6-7,14,20H,3,5,8-13,15-17H2,1-2H3,(H2,26,27,28). The number of nitrogens with one attached hydrogen (secondary N) is 2. The summed E-state index contributed by atoms with van der Waals surface area (Å²) in [5, 5.41) is 6.80. The van der Waals surface area contributed by atoms with Crippen molar-refractivity contribution < 1.29 is 22.6 Å². The van der Waals surface area contributed by atoms with E-state index in [4.69, 9.17) is 9.47 Å². The van der Waals surface area contributed by atoms with Crippen LogP contribution in [0.2, 0.25) is 0 Å². The zero-order valence-corrected chi connectivity index (χ0v) is 18.5. The second kappa shape index (κ2) is 13.5. The first-order valence-electron chi connectivity index (χ1n) is 10.9. The molecule has 1 aliphatic heterocycles. The predicted molar refractivity (Wildman–Crippen MR) is 116 cm³/mol. The monoisotopic (exact) mass is 444 g/mol. The van der Waals surface area contributed by atoms with Crippen LogP contribution < -0.4 is 10.6 Å². The maximum absolute atomic E-state index is 12.2. The number of likely N-dealkylation sites (tertiary alicyclic amines) is 1. The van der Waals surface area contributed by atoms with Gasteiger partial charge in [0.1, 0.15) is 6.61 Å². The first-order chi connectivity index (χ1) is 14.9. The van der Waals surface area contributed by atoms with E-state index in [1.54, 1.807) is 13.2 Å². The fourth-order valence-corrected chi connectivity index (χ4v) is 3.52. The normalized spacial score (nSPS) is 16.5. The lowest BCUT2D eigenvalue weighted by molar-refractivity contribution is -0.176. The van der Waals surface area contributed by atoms with Gasteiger partial charge in [0.25, 0.3) is 0 Å². The van der Waals surface area contributed by atoms with E-state index < -0.39 is 12.8 Å². The predicted octanol–water partition coefficient (Wildman–Crippen LogP) is 3.32. The van der Waals surface area contributed by atoms with Gasteiger partial charge in [0, 0.05) is 45.9 Å². The summed E-state index contributed by atoms with van der Waals surface area (Å²) in [6, 6.07) is 7.70. The van der Waals surface area contributed by atoms with Crippen molar-refractivity contribution in [1.29, 1.82) is 0 Å². The average molecular weight is 445 g/mol. The number of ether oxygens (including phenoxy) is 2. The van der Waals surface area contributed by atoms with Crippen molar-refractivity contribution in [3.63, 3.8) is 0 Å². The Labute approximate surface area is 183 Å². The minimum Gasteiger partial charge on any atom is -0.385 e. The molecule has 1 fully saturated rings. The molecular formula is C22H35F3N4O2. The highest BCUT2D eigenvalue weighted by Gasteiger charge is 2.27. The van der Waals surface area contributed by atoms with Gasteiger partial charge >= 0.3 is 6.18 Å². The summed E-state index contributed by atoms with van der Waals surface area (Å²) in [6.07, 6.45) is -1.14. The number of halogens is 3. The summed E-state index contributed by atoms with van der Waals surface area (Å²) < 4.78 is 46.6.